The molecule has 2 aromatic carbocycles. The quantitative estimate of drug-likeness (QED) is 0.621. The first-order valence-electron chi connectivity index (χ1n) is 7.36. The number of amides is 2. The van der Waals surface area contributed by atoms with Crippen LogP contribution in [-0.2, 0) is 9.59 Å². The average Bonchev–Trinajstić information content (AvgIpc) is 2.98. The number of carbonyl (C=O) groups excluding carboxylic acids is 2. The van der Waals surface area contributed by atoms with Crippen LogP contribution in [0.15, 0.2) is 46.8 Å². The van der Waals surface area contributed by atoms with Crippen molar-refractivity contribution in [2.45, 2.75) is 11.3 Å². The highest BCUT2D eigenvalue weighted by Crippen LogP contribution is 2.30. The van der Waals surface area contributed by atoms with Crippen LogP contribution in [0.2, 0.25) is 5.02 Å². The minimum absolute atomic E-state index is 0.146. The molecule has 2 amide bonds. The van der Waals surface area contributed by atoms with Gasteiger partial charge in [0, 0.05) is 12.6 Å². The number of para-hydroxylation sites is 1. The molecule has 0 saturated heterocycles. The predicted octanol–water partition coefficient (Wildman–Crippen LogP) is 4.64. The molecule has 3 rings (SSSR count). The first-order valence-corrected chi connectivity index (χ1v) is 9.54. The Morgan fingerprint density at radius 2 is 2.00 bits per heavy atom. The second-order valence-corrected chi connectivity index (χ2v) is 7.82. The van der Waals surface area contributed by atoms with E-state index in [-0.39, 0.29) is 17.6 Å². The van der Waals surface area contributed by atoms with Gasteiger partial charge < -0.3 is 10.6 Å². The van der Waals surface area contributed by atoms with Crippen molar-refractivity contribution >= 4 is 68.1 Å². The van der Waals surface area contributed by atoms with Crippen LogP contribution in [0.25, 0.3) is 10.2 Å². The molecule has 128 valence electrons. The van der Waals surface area contributed by atoms with Gasteiger partial charge in [-0.3, -0.25) is 9.59 Å². The van der Waals surface area contributed by atoms with Crippen LogP contribution in [0.1, 0.15) is 6.92 Å². The zero-order valence-electron chi connectivity index (χ0n) is 13.2. The topological polar surface area (TPSA) is 71.1 Å². The third-order valence-corrected chi connectivity index (χ3v) is 5.66. The molecule has 8 heteroatoms. The lowest BCUT2D eigenvalue weighted by molar-refractivity contribution is -0.114. The molecular weight excluding hydrogens is 378 g/mol. The Morgan fingerprint density at radius 3 is 2.72 bits per heavy atom. The van der Waals surface area contributed by atoms with Crippen LogP contribution in [0.4, 0.5) is 11.4 Å². The maximum atomic E-state index is 12.1. The fourth-order valence-corrected chi connectivity index (χ4v) is 4.22. The van der Waals surface area contributed by atoms with E-state index < -0.39 is 0 Å². The van der Waals surface area contributed by atoms with Crippen molar-refractivity contribution in [1.82, 2.24) is 4.98 Å². The highest BCUT2D eigenvalue weighted by molar-refractivity contribution is 8.01. The maximum absolute atomic E-state index is 12.1. The largest absolute Gasteiger partial charge is 0.325 e. The molecule has 0 unspecified atom stereocenters. The van der Waals surface area contributed by atoms with Gasteiger partial charge in [0.25, 0.3) is 0 Å². The average molecular weight is 392 g/mol. The van der Waals surface area contributed by atoms with E-state index in [0.717, 1.165) is 14.6 Å². The summed E-state index contributed by atoms with van der Waals surface area (Å²) in [5, 5.41) is 5.77. The van der Waals surface area contributed by atoms with Gasteiger partial charge >= 0.3 is 0 Å². The third kappa shape index (κ3) is 4.72. The first kappa shape index (κ1) is 17.7. The summed E-state index contributed by atoms with van der Waals surface area (Å²) >= 11 is 9.06. The summed E-state index contributed by atoms with van der Waals surface area (Å²) in [6, 6.07) is 12.8. The van der Waals surface area contributed by atoms with Crippen molar-refractivity contribution in [2.75, 3.05) is 16.4 Å². The minimum atomic E-state index is -0.203. The van der Waals surface area contributed by atoms with Crippen LogP contribution < -0.4 is 10.6 Å². The van der Waals surface area contributed by atoms with Gasteiger partial charge in [0.2, 0.25) is 11.8 Å². The Labute approximate surface area is 157 Å². The molecule has 25 heavy (non-hydrogen) atoms. The van der Waals surface area contributed by atoms with Crippen molar-refractivity contribution in [1.29, 1.82) is 0 Å². The van der Waals surface area contributed by atoms with Gasteiger partial charge in [0.15, 0.2) is 4.34 Å². The lowest BCUT2D eigenvalue weighted by atomic mass is 10.2. The van der Waals surface area contributed by atoms with Crippen molar-refractivity contribution < 1.29 is 9.59 Å². The van der Waals surface area contributed by atoms with E-state index in [9.17, 15) is 9.59 Å². The molecule has 0 aliphatic carbocycles. The van der Waals surface area contributed by atoms with Crippen molar-refractivity contribution in [3.8, 4) is 0 Å². The molecule has 2 N–H and O–H groups in total. The fraction of sp³-hybridized carbons (Fsp3) is 0.118. The standard InChI is InChI=1S/C17H14ClN3O2S2/c1-10(22)19-13-7-6-11(8-12(13)18)20-16(23)9-24-17-21-14-4-2-3-5-15(14)25-17/h2-8H,9H2,1H3,(H,19,22)(H,20,23). The Bertz CT molecular complexity index is 910. The molecule has 5 nitrogen and oxygen atoms in total. The number of hydrogen-bond acceptors (Lipinski definition) is 5. The van der Waals surface area contributed by atoms with E-state index in [1.165, 1.54) is 18.7 Å². The van der Waals surface area contributed by atoms with Gasteiger partial charge in [0.05, 0.1) is 26.7 Å². The first-order chi connectivity index (χ1) is 12.0. The summed E-state index contributed by atoms with van der Waals surface area (Å²) < 4.78 is 1.96. The number of nitrogens with zero attached hydrogens (tertiary/aromatic N) is 1. The Morgan fingerprint density at radius 1 is 1.20 bits per heavy atom. The Kier molecular flexibility index (Phi) is 5.57. The van der Waals surface area contributed by atoms with Gasteiger partial charge in [-0.05, 0) is 30.3 Å². The number of benzene rings is 2. The van der Waals surface area contributed by atoms with Crippen molar-refractivity contribution in [3.05, 3.63) is 47.5 Å². The van der Waals surface area contributed by atoms with Gasteiger partial charge in [0.1, 0.15) is 0 Å². The van der Waals surface area contributed by atoms with Crippen molar-refractivity contribution in [3.63, 3.8) is 0 Å². The molecule has 0 fully saturated rings. The van der Waals surface area contributed by atoms with Gasteiger partial charge in [-0.1, -0.05) is 35.5 Å². The van der Waals surface area contributed by atoms with Gasteiger partial charge in [-0.15, -0.1) is 11.3 Å². The highest BCUT2D eigenvalue weighted by Gasteiger charge is 2.09. The van der Waals surface area contributed by atoms with E-state index in [4.69, 9.17) is 11.6 Å². The Balaban J connectivity index is 1.58. The van der Waals surface area contributed by atoms with Crippen LogP contribution in [0.3, 0.4) is 0 Å². The SMILES string of the molecule is CC(=O)Nc1ccc(NC(=O)CSc2nc3ccccc3s2)cc1Cl. The second-order valence-electron chi connectivity index (χ2n) is 5.16. The summed E-state index contributed by atoms with van der Waals surface area (Å²) in [6.07, 6.45) is 0. The lowest BCUT2D eigenvalue weighted by Gasteiger charge is -2.08. The summed E-state index contributed by atoms with van der Waals surface area (Å²) in [6.45, 7) is 1.41. The number of anilines is 2. The number of aromatic nitrogens is 1. The number of thioether (sulfide) groups is 1. The van der Waals surface area contributed by atoms with Crippen LogP contribution in [0.5, 0.6) is 0 Å². The minimum Gasteiger partial charge on any atom is -0.325 e. The maximum Gasteiger partial charge on any atom is 0.234 e. The van der Waals surface area contributed by atoms with Crippen LogP contribution in [-0.4, -0.2) is 22.6 Å². The highest BCUT2D eigenvalue weighted by atomic mass is 35.5. The van der Waals surface area contributed by atoms with E-state index >= 15 is 0 Å². The van der Waals surface area contributed by atoms with Gasteiger partial charge in [-0.2, -0.15) is 0 Å². The van der Waals surface area contributed by atoms with Gasteiger partial charge in [-0.25, -0.2) is 4.98 Å². The smallest absolute Gasteiger partial charge is 0.234 e. The summed E-state index contributed by atoms with van der Waals surface area (Å²) in [5.74, 6) is -0.0937. The summed E-state index contributed by atoms with van der Waals surface area (Å²) in [5.41, 5.74) is 2.03. The monoisotopic (exact) mass is 391 g/mol. The van der Waals surface area contributed by atoms with E-state index in [1.54, 1.807) is 29.5 Å². The molecular formula is C17H14ClN3O2S2. The van der Waals surface area contributed by atoms with Crippen LogP contribution >= 0.6 is 34.7 Å². The number of fused-ring (bicyclic) bond motifs is 1. The number of thiazole rings is 1. The number of hydrogen-bond donors (Lipinski definition) is 2. The number of nitrogens with one attached hydrogen (secondary N) is 2. The number of rotatable bonds is 5. The van der Waals surface area contributed by atoms with E-state index in [2.05, 4.69) is 15.6 Å². The molecule has 0 aliphatic heterocycles. The molecule has 0 saturated carbocycles. The zero-order valence-corrected chi connectivity index (χ0v) is 15.6. The molecule has 1 aromatic heterocycles. The third-order valence-electron chi connectivity index (χ3n) is 3.16. The van der Waals surface area contributed by atoms with E-state index in [0.29, 0.717) is 16.4 Å². The summed E-state index contributed by atoms with van der Waals surface area (Å²) in [7, 11) is 0. The molecule has 0 bridgehead atoms. The number of halogens is 1. The molecule has 0 spiro atoms. The second kappa shape index (κ2) is 7.86. The fourth-order valence-electron chi connectivity index (χ4n) is 2.12. The molecule has 0 radical (unpaired) electrons. The number of carbonyl (C=O) groups is 2. The molecule has 0 aliphatic rings. The normalized spacial score (nSPS) is 10.6. The lowest BCUT2D eigenvalue weighted by Crippen LogP contribution is -2.14. The zero-order chi connectivity index (χ0) is 17.8. The molecule has 1 heterocycles. The van der Waals surface area contributed by atoms with E-state index in [1.807, 2.05) is 24.3 Å². The molecule has 3 aromatic rings. The Hall–Kier alpha value is -2.09. The van der Waals surface area contributed by atoms with Crippen LogP contribution in [0, 0.1) is 0 Å². The predicted molar refractivity (Wildman–Crippen MR) is 105 cm³/mol. The summed E-state index contributed by atoms with van der Waals surface area (Å²) in [4.78, 5) is 27.7. The molecule has 0 atom stereocenters. The van der Waals surface area contributed by atoms with Crippen molar-refractivity contribution in [2.24, 2.45) is 0 Å².